The number of fused-ring (bicyclic) bond motifs is 1. The highest BCUT2D eigenvalue weighted by atomic mass is 16.5. The first-order valence-electron chi connectivity index (χ1n) is 7.08. The second kappa shape index (κ2) is 5.29. The molecule has 2 aliphatic heterocycles. The number of nitrogens with one attached hydrogen (secondary N) is 1. The lowest BCUT2D eigenvalue weighted by Gasteiger charge is -2.38. The van der Waals surface area contributed by atoms with Crippen molar-refractivity contribution in [3.05, 3.63) is 29.8 Å². The molecule has 0 aromatic heterocycles. The van der Waals surface area contributed by atoms with Crippen LogP contribution in [0.15, 0.2) is 24.3 Å². The number of likely N-dealkylation sites (N-methyl/N-ethyl adjacent to an activating group) is 1. The van der Waals surface area contributed by atoms with Crippen LogP contribution in [0.3, 0.4) is 0 Å². The van der Waals surface area contributed by atoms with E-state index >= 15 is 0 Å². The number of nitrogens with zero attached hydrogens (tertiary/aromatic N) is 1. The van der Waals surface area contributed by atoms with Crippen molar-refractivity contribution in [3.63, 3.8) is 0 Å². The molecule has 0 aliphatic carbocycles. The number of para-hydroxylation sites is 1. The van der Waals surface area contributed by atoms with Crippen LogP contribution in [0.4, 0.5) is 0 Å². The van der Waals surface area contributed by atoms with Gasteiger partial charge in [-0.2, -0.15) is 0 Å². The molecule has 1 N–H and O–H groups in total. The molecule has 0 amide bonds. The summed E-state index contributed by atoms with van der Waals surface area (Å²) in [6, 6.07) is 9.73. The Morgan fingerprint density at radius 1 is 1.33 bits per heavy atom. The summed E-state index contributed by atoms with van der Waals surface area (Å²) in [6.07, 6.45) is 2.38. The van der Waals surface area contributed by atoms with Crippen molar-refractivity contribution in [2.24, 2.45) is 0 Å². The van der Waals surface area contributed by atoms with Crippen LogP contribution in [-0.4, -0.2) is 37.2 Å². The molecular weight excluding hydrogens is 224 g/mol. The highest BCUT2D eigenvalue weighted by molar-refractivity contribution is 5.37. The van der Waals surface area contributed by atoms with Gasteiger partial charge >= 0.3 is 0 Å². The van der Waals surface area contributed by atoms with Gasteiger partial charge in [-0.25, -0.2) is 0 Å². The fraction of sp³-hybridized carbons (Fsp3) is 0.600. The molecule has 0 bridgehead atoms. The minimum atomic E-state index is 0.532. The minimum absolute atomic E-state index is 0.532. The summed E-state index contributed by atoms with van der Waals surface area (Å²) in [6.45, 7) is 6.53. The second-order valence-electron chi connectivity index (χ2n) is 5.17. The molecule has 98 valence electrons. The topological polar surface area (TPSA) is 24.5 Å². The first-order valence-corrected chi connectivity index (χ1v) is 7.08. The van der Waals surface area contributed by atoms with Gasteiger partial charge in [-0.1, -0.05) is 25.1 Å². The first-order chi connectivity index (χ1) is 8.90. The van der Waals surface area contributed by atoms with E-state index in [1.807, 2.05) is 0 Å². The zero-order valence-corrected chi connectivity index (χ0v) is 11.1. The molecule has 0 radical (unpaired) electrons. The zero-order chi connectivity index (χ0) is 12.4. The van der Waals surface area contributed by atoms with Gasteiger partial charge in [0.25, 0.3) is 0 Å². The van der Waals surface area contributed by atoms with E-state index < -0.39 is 0 Å². The molecule has 18 heavy (non-hydrogen) atoms. The SMILES string of the molecule is CCN(C1CCNC1)C1CCOc2ccccc21. The molecule has 1 fully saturated rings. The molecule has 0 saturated carbocycles. The fourth-order valence-corrected chi connectivity index (χ4v) is 3.32. The second-order valence-corrected chi connectivity index (χ2v) is 5.17. The molecule has 0 spiro atoms. The smallest absolute Gasteiger partial charge is 0.124 e. The first kappa shape index (κ1) is 12.0. The van der Waals surface area contributed by atoms with E-state index in [1.54, 1.807) is 0 Å². The molecule has 1 aromatic carbocycles. The van der Waals surface area contributed by atoms with E-state index in [0.29, 0.717) is 12.1 Å². The highest BCUT2D eigenvalue weighted by Gasteiger charge is 2.31. The summed E-state index contributed by atoms with van der Waals surface area (Å²) in [4.78, 5) is 2.65. The predicted molar refractivity (Wildman–Crippen MR) is 72.9 cm³/mol. The van der Waals surface area contributed by atoms with Crippen molar-refractivity contribution >= 4 is 0 Å². The summed E-state index contributed by atoms with van der Waals surface area (Å²) in [5.74, 6) is 1.08. The van der Waals surface area contributed by atoms with E-state index in [4.69, 9.17) is 4.74 Å². The van der Waals surface area contributed by atoms with Crippen LogP contribution in [0.25, 0.3) is 0 Å². The zero-order valence-electron chi connectivity index (χ0n) is 11.1. The average Bonchev–Trinajstić information content (AvgIpc) is 2.94. The van der Waals surface area contributed by atoms with Gasteiger partial charge in [-0.05, 0) is 25.6 Å². The standard InChI is InChI=1S/C15H22N2O/c1-2-17(12-7-9-16-11-12)14-8-10-18-15-6-4-3-5-13(14)15/h3-6,12,14,16H,2,7-11H2,1H3. The molecule has 3 rings (SSSR count). The van der Waals surface area contributed by atoms with Crippen molar-refractivity contribution in [3.8, 4) is 5.75 Å². The number of hydrogen-bond donors (Lipinski definition) is 1. The van der Waals surface area contributed by atoms with Crippen molar-refractivity contribution in [2.75, 3.05) is 26.2 Å². The van der Waals surface area contributed by atoms with Gasteiger partial charge in [0.2, 0.25) is 0 Å². The van der Waals surface area contributed by atoms with Crippen LogP contribution in [0, 0.1) is 0 Å². The summed E-state index contributed by atoms with van der Waals surface area (Å²) in [5, 5.41) is 3.48. The van der Waals surface area contributed by atoms with Gasteiger partial charge in [0.05, 0.1) is 6.61 Å². The maximum atomic E-state index is 5.77. The molecule has 1 aromatic rings. The monoisotopic (exact) mass is 246 g/mol. The van der Waals surface area contributed by atoms with E-state index in [2.05, 4.69) is 41.4 Å². The Morgan fingerprint density at radius 3 is 3.00 bits per heavy atom. The average molecular weight is 246 g/mol. The summed E-state index contributed by atoms with van der Waals surface area (Å²) >= 11 is 0. The summed E-state index contributed by atoms with van der Waals surface area (Å²) in [7, 11) is 0. The van der Waals surface area contributed by atoms with Crippen LogP contribution < -0.4 is 10.1 Å². The molecule has 2 heterocycles. The van der Waals surface area contributed by atoms with Crippen LogP contribution in [0.5, 0.6) is 5.75 Å². The lowest BCUT2D eigenvalue weighted by Crippen LogP contribution is -2.41. The largest absolute Gasteiger partial charge is 0.493 e. The molecule has 2 unspecified atom stereocenters. The van der Waals surface area contributed by atoms with Crippen LogP contribution in [0.2, 0.25) is 0 Å². The molecule has 2 aliphatic rings. The van der Waals surface area contributed by atoms with E-state index in [1.165, 1.54) is 12.0 Å². The highest BCUT2D eigenvalue weighted by Crippen LogP contribution is 2.37. The molecular formula is C15H22N2O. The number of rotatable bonds is 3. The normalized spacial score (nSPS) is 27.0. The maximum Gasteiger partial charge on any atom is 0.124 e. The lowest BCUT2D eigenvalue weighted by atomic mass is 9.97. The number of hydrogen-bond acceptors (Lipinski definition) is 3. The van der Waals surface area contributed by atoms with Crippen LogP contribution in [0.1, 0.15) is 31.4 Å². The van der Waals surface area contributed by atoms with E-state index in [-0.39, 0.29) is 0 Å². The van der Waals surface area contributed by atoms with E-state index in [9.17, 15) is 0 Å². The minimum Gasteiger partial charge on any atom is -0.493 e. The number of benzene rings is 1. The van der Waals surface area contributed by atoms with Gasteiger partial charge in [-0.3, -0.25) is 4.90 Å². The quantitative estimate of drug-likeness (QED) is 0.885. The number of ether oxygens (including phenoxy) is 1. The third-order valence-electron chi connectivity index (χ3n) is 4.20. The van der Waals surface area contributed by atoms with Crippen molar-refractivity contribution in [1.82, 2.24) is 10.2 Å². The van der Waals surface area contributed by atoms with Gasteiger partial charge < -0.3 is 10.1 Å². The van der Waals surface area contributed by atoms with Crippen LogP contribution in [-0.2, 0) is 0 Å². The van der Waals surface area contributed by atoms with Gasteiger partial charge in [-0.15, -0.1) is 0 Å². The Balaban J connectivity index is 1.87. The van der Waals surface area contributed by atoms with E-state index in [0.717, 1.165) is 38.4 Å². The Labute approximate surface area is 109 Å². The van der Waals surface area contributed by atoms with Crippen molar-refractivity contribution in [1.29, 1.82) is 0 Å². The Bertz CT molecular complexity index is 401. The lowest BCUT2D eigenvalue weighted by molar-refractivity contribution is 0.109. The maximum absolute atomic E-state index is 5.77. The predicted octanol–water partition coefficient (Wildman–Crippen LogP) is 2.19. The van der Waals surface area contributed by atoms with Crippen molar-refractivity contribution < 1.29 is 4.74 Å². The molecule has 2 atom stereocenters. The van der Waals surface area contributed by atoms with Crippen molar-refractivity contribution in [2.45, 2.75) is 31.8 Å². The van der Waals surface area contributed by atoms with Crippen LogP contribution >= 0.6 is 0 Å². The third-order valence-corrected chi connectivity index (χ3v) is 4.20. The summed E-state index contributed by atoms with van der Waals surface area (Å²) < 4.78 is 5.77. The molecule has 3 nitrogen and oxygen atoms in total. The molecule has 3 heteroatoms. The van der Waals surface area contributed by atoms with Gasteiger partial charge in [0, 0.05) is 30.6 Å². The Kier molecular flexibility index (Phi) is 3.52. The Morgan fingerprint density at radius 2 is 2.22 bits per heavy atom. The van der Waals surface area contributed by atoms with Gasteiger partial charge in [0.1, 0.15) is 5.75 Å². The molecule has 1 saturated heterocycles. The Hall–Kier alpha value is -1.06. The third kappa shape index (κ3) is 2.13. The summed E-state index contributed by atoms with van der Waals surface area (Å²) in [5.41, 5.74) is 1.37. The fourth-order valence-electron chi connectivity index (χ4n) is 3.32. The van der Waals surface area contributed by atoms with Gasteiger partial charge in [0.15, 0.2) is 0 Å².